The number of rotatable bonds is 6. The molecule has 0 unspecified atom stereocenters. The maximum atomic E-state index is 12.1. The molecular weight excluding hydrogens is 284 g/mol. The van der Waals surface area contributed by atoms with Gasteiger partial charge in [-0.2, -0.15) is 4.98 Å². The van der Waals surface area contributed by atoms with E-state index in [1.807, 2.05) is 17.0 Å². The van der Waals surface area contributed by atoms with Crippen molar-refractivity contribution in [1.29, 1.82) is 0 Å². The highest BCUT2D eigenvalue weighted by molar-refractivity contribution is 5.79. The maximum absolute atomic E-state index is 12.1. The molecule has 0 radical (unpaired) electrons. The number of carbonyl (C=O) groups excluding carboxylic acids is 1. The summed E-state index contributed by atoms with van der Waals surface area (Å²) in [4.78, 5) is 22.3. The maximum Gasteiger partial charge on any atom is 0.232 e. The van der Waals surface area contributed by atoms with Gasteiger partial charge in [0.25, 0.3) is 0 Å². The van der Waals surface area contributed by atoms with Crippen LogP contribution in [0.1, 0.15) is 29.6 Å². The van der Waals surface area contributed by atoms with Gasteiger partial charge in [-0.15, -0.1) is 0 Å². The molecule has 0 spiro atoms. The number of carbonyl (C=O) groups is 1. The van der Waals surface area contributed by atoms with Crippen molar-refractivity contribution in [3.63, 3.8) is 0 Å². The smallest absolute Gasteiger partial charge is 0.232 e. The number of ether oxygens (including phenoxy) is 1. The van der Waals surface area contributed by atoms with Crippen molar-refractivity contribution in [3.05, 3.63) is 41.8 Å². The lowest BCUT2D eigenvalue weighted by Crippen LogP contribution is -2.24. The van der Waals surface area contributed by atoms with Crippen LogP contribution in [-0.4, -0.2) is 46.2 Å². The molecule has 22 heavy (non-hydrogen) atoms. The Morgan fingerprint density at radius 3 is 3.00 bits per heavy atom. The fraction of sp³-hybridized carbons (Fsp3) is 0.467. The lowest BCUT2D eigenvalue weighted by Gasteiger charge is -2.15. The second-order valence-corrected chi connectivity index (χ2v) is 5.32. The molecule has 1 fully saturated rings. The number of pyridine rings is 1. The lowest BCUT2D eigenvalue weighted by molar-refractivity contribution is -0.128. The predicted molar refractivity (Wildman–Crippen MR) is 76.9 cm³/mol. The first-order valence-electron chi connectivity index (χ1n) is 7.24. The Morgan fingerprint density at radius 2 is 2.23 bits per heavy atom. The topological polar surface area (TPSA) is 81.4 Å². The summed E-state index contributed by atoms with van der Waals surface area (Å²) in [5, 5.41) is 3.93. The molecule has 0 saturated carbocycles. The van der Waals surface area contributed by atoms with Gasteiger partial charge in [0.2, 0.25) is 11.8 Å². The quantitative estimate of drug-likeness (QED) is 0.796. The van der Waals surface area contributed by atoms with Gasteiger partial charge in [-0.25, -0.2) is 0 Å². The Hall–Kier alpha value is -2.28. The molecule has 1 aliphatic heterocycles. The molecule has 7 nitrogen and oxygen atoms in total. The van der Waals surface area contributed by atoms with Crippen LogP contribution in [0.4, 0.5) is 0 Å². The molecule has 1 saturated heterocycles. The van der Waals surface area contributed by atoms with Crippen molar-refractivity contribution >= 4 is 5.91 Å². The van der Waals surface area contributed by atoms with Crippen molar-refractivity contribution in [2.24, 2.45) is 0 Å². The van der Waals surface area contributed by atoms with Crippen LogP contribution in [0.3, 0.4) is 0 Å². The van der Waals surface area contributed by atoms with Crippen molar-refractivity contribution < 1.29 is 14.1 Å². The Bertz CT molecular complexity index is 629. The minimum Gasteiger partial charge on any atom is -0.384 e. The van der Waals surface area contributed by atoms with Crippen LogP contribution in [-0.2, 0) is 22.5 Å². The van der Waals surface area contributed by atoms with E-state index in [2.05, 4.69) is 15.1 Å². The minimum atomic E-state index is -0.0295. The fourth-order valence-electron chi connectivity index (χ4n) is 2.53. The lowest BCUT2D eigenvalue weighted by atomic mass is 10.1. The first kappa shape index (κ1) is 14.6. The van der Waals surface area contributed by atoms with E-state index in [9.17, 15) is 4.79 Å². The number of hydrogen-bond acceptors (Lipinski definition) is 6. The third-order valence-corrected chi connectivity index (χ3v) is 3.70. The minimum absolute atomic E-state index is 0.0295. The first-order valence-corrected chi connectivity index (χ1v) is 7.24. The molecule has 0 N–H and O–H groups in total. The number of likely N-dealkylation sites (tertiary alicyclic amines) is 1. The summed E-state index contributed by atoms with van der Waals surface area (Å²) in [7, 11) is 1.63. The monoisotopic (exact) mass is 302 g/mol. The van der Waals surface area contributed by atoms with Crippen LogP contribution in [0, 0.1) is 0 Å². The van der Waals surface area contributed by atoms with Crippen molar-refractivity contribution in [1.82, 2.24) is 20.0 Å². The van der Waals surface area contributed by atoms with Crippen LogP contribution < -0.4 is 0 Å². The average molecular weight is 302 g/mol. The molecule has 3 rings (SSSR count). The molecule has 3 heterocycles. The zero-order valence-electron chi connectivity index (χ0n) is 12.4. The molecule has 1 amide bonds. The Morgan fingerprint density at radius 1 is 1.41 bits per heavy atom. The summed E-state index contributed by atoms with van der Waals surface area (Å²) in [6.07, 6.45) is 4.49. The van der Waals surface area contributed by atoms with E-state index in [1.54, 1.807) is 19.5 Å². The third-order valence-electron chi connectivity index (χ3n) is 3.70. The summed E-state index contributed by atoms with van der Waals surface area (Å²) in [5.74, 6) is 1.24. The van der Waals surface area contributed by atoms with Crippen LogP contribution >= 0.6 is 0 Å². The highest BCUT2D eigenvalue weighted by atomic mass is 16.5. The highest BCUT2D eigenvalue weighted by Gasteiger charge is 2.34. The zero-order chi connectivity index (χ0) is 15.4. The van der Waals surface area contributed by atoms with E-state index in [0.29, 0.717) is 44.3 Å². The SMILES string of the molecule is COCCc1noc([C@H]2CC(=O)N(Cc3ccncc3)C2)n1. The van der Waals surface area contributed by atoms with E-state index in [4.69, 9.17) is 9.26 Å². The van der Waals surface area contributed by atoms with Gasteiger partial charge in [-0.3, -0.25) is 9.78 Å². The first-order chi connectivity index (χ1) is 10.8. The van der Waals surface area contributed by atoms with E-state index < -0.39 is 0 Å². The largest absolute Gasteiger partial charge is 0.384 e. The fourth-order valence-corrected chi connectivity index (χ4v) is 2.53. The highest BCUT2D eigenvalue weighted by Crippen LogP contribution is 2.28. The second-order valence-electron chi connectivity index (χ2n) is 5.32. The molecule has 0 bridgehead atoms. The predicted octanol–water partition coefficient (Wildman–Crippen LogP) is 1.17. The average Bonchev–Trinajstić information content (AvgIpc) is 3.14. The van der Waals surface area contributed by atoms with Gasteiger partial charge in [0.15, 0.2) is 5.82 Å². The van der Waals surface area contributed by atoms with Gasteiger partial charge in [0, 0.05) is 45.4 Å². The van der Waals surface area contributed by atoms with Crippen molar-refractivity contribution in [3.8, 4) is 0 Å². The number of nitrogens with zero attached hydrogens (tertiary/aromatic N) is 4. The van der Waals surface area contributed by atoms with Gasteiger partial charge in [-0.1, -0.05) is 5.16 Å². The third kappa shape index (κ3) is 3.30. The number of hydrogen-bond donors (Lipinski definition) is 0. The molecule has 0 aliphatic carbocycles. The van der Waals surface area contributed by atoms with Crippen molar-refractivity contribution in [2.75, 3.05) is 20.3 Å². The van der Waals surface area contributed by atoms with Gasteiger partial charge >= 0.3 is 0 Å². The van der Waals surface area contributed by atoms with Crippen LogP contribution in [0.25, 0.3) is 0 Å². The summed E-state index contributed by atoms with van der Waals surface area (Å²) < 4.78 is 10.3. The molecule has 7 heteroatoms. The zero-order valence-corrected chi connectivity index (χ0v) is 12.4. The molecule has 0 aromatic carbocycles. The summed E-state index contributed by atoms with van der Waals surface area (Å²) in [6, 6.07) is 3.83. The molecule has 1 aliphatic rings. The number of amides is 1. The summed E-state index contributed by atoms with van der Waals surface area (Å²) in [5.41, 5.74) is 1.07. The second kappa shape index (κ2) is 6.65. The van der Waals surface area contributed by atoms with E-state index >= 15 is 0 Å². The van der Waals surface area contributed by atoms with E-state index in [-0.39, 0.29) is 11.8 Å². The Kier molecular flexibility index (Phi) is 4.43. The van der Waals surface area contributed by atoms with Crippen LogP contribution in [0.15, 0.2) is 29.0 Å². The van der Waals surface area contributed by atoms with E-state index in [0.717, 1.165) is 5.56 Å². The summed E-state index contributed by atoms with van der Waals surface area (Å²) in [6.45, 7) is 1.74. The van der Waals surface area contributed by atoms with Gasteiger partial charge in [0.1, 0.15) is 0 Å². The van der Waals surface area contributed by atoms with Gasteiger partial charge in [-0.05, 0) is 17.7 Å². The van der Waals surface area contributed by atoms with Crippen LogP contribution in [0.2, 0.25) is 0 Å². The standard InChI is InChI=1S/C15H18N4O3/c1-21-7-4-13-17-15(22-18-13)12-8-14(20)19(10-12)9-11-2-5-16-6-3-11/h2-3,5-6,12H,4,7-10H2,1H3/t12-/m0/s1. The number of aromatic nitrogens is 3. The van der Waals surface area contributed by atoms with Gasteiger partial charge in [0.05, 0.1) is 12.5 Å². The van der Waals surface area contributed by atoms with Gasteiger partial charge < -0.3 is 14.2 Å². The van der Waals surface area contributed by atoms with E-state index in [1.165, 1.54) is 0 Å². The molecular formula is C15H18N4O3. The number of methoxy groups -OCH3 is 1. The normalized spacial score (nSPS) is 18.1. The Balaban J connectivity index is 1.63. The van der Waals surface area contributed by atoms with Crippen molar-refractivity contribution in [2.45, 2.75) is 25.3 Å². The molecule has 2 aromatic heterocycles. The Labute approximate surface area is 128 Å². The summed E-state index contributed by atoms with van der Waals surface area (Å²) >= 11 is 0. The molecule has 116 valence electrons. The van der Waals surface area contributed by atoms with Crippen LogP contribution in [0.5, 0.6) is 0 Å². The molecule has 1 atom stereocenters. The molecule has 2 aromatic rings.